The molecule has 0 fully saturated rings. The van der Waals surface area contributed by atoms with Gasteiger partial charge in [-0.25, -0.2) is 22.3 Å². The van der Waals surface area contributed by atoms with E-state index in [2.05, 4.69) is 4.72 Å². The van der Waals surface area contributed by atoms with Gasteiger partial charge in [-0.15, -0.1) is 0 Å². The Bertz CT molecular complexity index is 1170. The number of carboxylic acid groups (broad SMARTS) is 1. The molecule has 0 bridgehead atoms. The van der Waals surface area contributed by atoms with Gasteiger partial charge in [0, 0.05) is 23.2 Å². The highest BCUT2D eigenvalue weighted by atomic mass is 32.2. The number of fused-ring (bicyclic) bond motifs is 2. The molecule has 0 aliphatic carbocycles. The molecule has 1 aliphatic rings. The molecule has 2 aromatic carbocycles. The van der Waals surface area contributed by atoms with Gasteiger partial charge in [-0.1, -0.05) is 6.07 Å². The summed E-state index contributed by atoms with van der Waals surface area (Å²) in [6.45, 7) is 1.78. The summed E-state index contributed by atoms with van der Waals surface area (Å²) >= 11 is 0. The van der Waals surface area contributed by atoms with Gasteiger partial charge in [-0.2, -0.15) is 0 Å². The maximum absolute atomic E-state index is 13.6. The third-order valence-electron chi connectivity index (χ3n) is 4.52. The lowest BCUT2D eigenvalue weighted by Gasteiger charge is -2.23. The maximum atomic E-state index is 13.6. The number of hydrogen-bond acceptors (Lipinski definition) is 3. The topological polar surface area (TPSA) is 88.4 Å². The summed E-state index contributed by atoms with van der Waals surface area (Å²) in [5.74, 6) is -0.527. The third kappa shape index (κ3) is 2.58. The van der Waals surface area contributed by atoms with Crippen LogP contribution in [0.1, 0.15) is 12.5 Å². The summed E-state index contributed by atoms with van der Waals surface area (Å²) in [7, 11) is -3.55. The second-order valence-corrected chi connectivity index (χ2v) is 8.09. The van der Waals surface area contributed by atoms with Crippen molar-refractivity contribution < 1.29 is 22.7 Å². The average Bonchev–Trinajstić information content (AvgIpc) is 2.92. The monoisotopic (exact) mass is 374 g/mol. The molecule has 0 radical (unpaired) electrons. The first-order valence-electron chi connectivity index (χ1n) is 7.96. The van der Waals surface area contributed by atoms with E-state index >= 15 is 0 Å². The second kappa shape index (κ2) is 5.65. The van der Waals surface area contributed by atoms with Crippen molar-refractivity contribution in [1.29, 1.82) is 0 Å². The van der Waals surface area contributed by atoms with E-state index in [1.165, 1.54) is 30.5 Å². The largest absolute Gasteiger partial charge is 0.464 e. The number of carbonyl (C=O) groups is 1. The van der Waals surface area contributed by atoms with Crippen LogP contribution in [0, 0.1) is 5.82 Å². The molecule has 1 aromatic heterocycles. The number of hydrogen-bond donors (Lipinski definition) is 2. The minimum absolute atomic E-state index is 0.225. The molecule has 0 saturated carbocycles. The molecule has 3 aromatic rings. The highest BCUT2D eigenvalue weighted by Gasteiger charge is 2.27. The maximum Gasteiger partial charge on any atom is 0.416 e. The Morgan fingerprint density at radius 1 is 1.27 bits per heavy atom. The van der Waals surface area contributed by atoms with Crippen LogP contribution in [-0.2, 0) is 16.4 Å². The molecule has 0 spiro atoms. The van der Waals surface area contributed by atoms with Crippen LogP contribution in [0.2, 0.25) is 0 Å². The summed E-state index contributed by atoms with van der Waals surface area (Å²) < 4.78 is 41.6. The minimum atomic E-state index is -3.55. The molecule has 134 valence electrons. The molecule has 8 heteroatoms. The van der Waals surface area contributed by atoms with Crippen LogP contribution in [0.15, 0.2) is 47.5 Å². The zero-order valence-corrected chi connectivity index (χ0v) is 14.5. The van der Waals surface area contributed by atoms with Crippen LogP contribution in [0.4, 0.5) is 9.18 Å². The van der Waals surface area contributed by atoms with Crippen molar-refractivity contribution >= 4 is 27.0 Å². The number of nitrogens with zero attached hydrogens (tertiary/aromatic N) is 1. The van der Waals surface area contributed by atoms with Gasteiger partial charge in [0.15, 0.2) is 0 Å². The van der Waals surface area contributed by atoms with Crippen LogP contribution in [0.5, 0.6) is 0 Å². The molecule has 0 amide bonds. The van der Waals surface area contributed by atoms with Crippen LogP contribution >= 0.6 is 0 Å². The molecule has 26 heavy (non-hydrogen) atoms. The Hall–Kier alpha value is -2.71. The minimum Gasteiger partial charge on any atom is -0.464 e. The van der Waals surface area contributed by atoms with Crippen LogP contribution in [0.3, 0.4) is 0 Å². The van der Waals surface area contributed by atoms with Gasteiger partial charge in [-0.3, -0.25) is 4.57 Å². The first kappa shape index (κ1) is 16.7. The lowest BCUT2D eigenvalue weighted by Crippen LogP contribution is -2.38. The Morgan fingerprint density at radius 3 is 2.77 bits per heavy atom. The predicted molar refractivity (Wildman–Crippen MR) is 94.2 cm³/mol. The molecular formula is C18H15FN2O4S. The van der Waals surface area contributed by atoms with E-state index < -0.39 is 21.9 Å². The van der Waals surface area contributed by atoms with Gasteiger partial charge in [0.2, 0.25) is 10.0 Å². The van der Waals surface area contributed by atoms with Gasteiger partial charge in [0.1, 0.15) is 5.82 Å². The summed E-state index contributed by atoms with van der Waals surface area (Å²) in [5, 5.41) is 9.96. The van der Waals surface area contributed by atoms with Crippen LogP contribution in [0.25, 0.3) is 22.0 Å². The molecule has 4 rings (SSSR count). The fraction of sp³-hybridized carbons (Fsp3) is 0.167. The standard InChI is InChI=1S/C18H15FN2O4S/c1-10-6-12-7-11(2-5-17(12)26(24,25)20-10)15-9-21(18(22)23)16-8-13(19)3-4-14(15)16/h2-5,7-10,20H,6H2,1H3,(H,22,23). The van der Waals surface area contributed by atoms with Crippen LogP contribution in [-0.4, -0.2) is 30.2 Å². The Labute approximate surface area is 148 Å². The molecular weight excluding hydrogens is 359 g/mol. The molecule has 2 N–H and O–H groups in total. The molecule has 0 saturated heterocycles. The smallest absolute Gasteiger partial charge is 0.416 e. The first-order chi connectivity index (χ1) is 12.3. The van der Waals surface area contributed by atoms with Gasteiger partial charge in [0.25, 0.3) is 0 Å². The van der Waals surface area contributed by atoms with E-state index in [1.54, 1.807) is 19.1 Å². The lowest BCUT2D eigenvalue weighted by molar-refractivity contribution is 0.197. The Morgan fingerprint density at radius 2 is 2.04 bits per heavy atom. The van der Waals surface area contributed by atoms with E-state index in [0.29, 0.717) is 28.5 Å². The molecule has 1 unspecified atom stereocenters. The summed E-state index contributed by atoms with van der Waals surface area (Å²) in [6.07, 6.45) is 0.743. The molecule has 6 nitrogen and oxygen atoms in total. The van der Waals surface area contributed by atoms with Gasteiger partial charge in [-0.05, 0) is 54.8 Å². The fourth-order valence-corrected chi connectivity index (χ4v) is 4.93. The molecule has 1 aliphatic heterocycles. The molecule has 2 heterocycles. The van der Waals surface area contributed by atoms with Gasteiger partial charge < -0.3 is 5.11 Å². The van der Waals surface area contributed by atoms with E-state index in [4.69, 9.17) is 0 Å². The quantitative estimate of drug-likeness (QED) is 0.685. The van der Waals surface area contributed by atoms with Gasteiger partial charge in [0.05, 0.1) is 10.4 Å². The second-order valence-electron chi connectivity index (χ2n) is 6.41. The van der Waals surface area contributed by atoms with E-state index in [0.717, 1.165) is 4.57 Å². The third-order valence-corrected chi connectivity index (χ3v) is 6.21. The number of halogens is 1. The van der Waals surface area contributed by atoms with Gasteiger partial charge >= 0.3 is 6.09 Å². The number of sulfonamides is 1. The van der Waals surface area contributed by atoms with E-state index in [1.807, 2.05) is 0 Å². The first-order valence-corrected chi connectivity index (χ1v) is 9.44. The zero-order valence-electron chi connectivity index (χ0n) is 13.7. The predicted octanol–water partition coefficient (Wildman–Crippen LogP) is 3.20. The number of aromatic nitrogens is 1. The van der Waals surface area contributed by atoms with Crippen molar-refractivity contribution in [3.05, 3.63) is 54.0 Å². The van der Waals surface area contributed by atoms with Crippen molar-refractivity contribution in [3.8, 4) is 11.1 Å². The summed E-state index contributed by atoms with van der Waals surface area (Å²) in [6, 6.07) is 8.66. The normalized spacial score (nSPS) is 18.6. The zero-order chi connectivity index (χ0) is 18.6. The van der Waals surface area contributed by atoms with Crippen molar-refractivity contribution in [2.45, 2.75) is 24.3 Å². The summed E-state index contributed by atoms with van der Waals surface area (Å²) in [5.41, 5.74) is 2.21. The molecule has 1 atom stereocenters. The van der Waals surface area contributed by atoms with E-state index in [-0.39, 0.29) is 16.5 Å². The number of rotatable bonds is 1. The Balaban J connectivity index is 1.95. The number of benzene rings is 2. The Kier molecular flexibility index (Phi) is 3.64. The van der Waals surface area contributed by atoms with Crippen molar-refractivity contribution in [3.63, 3.8) is 0 Å². The SMILES string of the molecule is CC1Cc2cc(-c3cn(C(=O)O)c4cc(F)ccc34)ccc2S(=O)(=O)N1. The van der Waals surface area contributed by atoms with Crippen molar-refractivity contribution in [2.75, 3.05) is 0 Å². The fourth-order valence-electron chi connectivity index (χ4n) is 3.46. The highest BCUT2D eigenvalue weighted by Crippen LogP contribution is 2.34. The summed E-state index contributed by atoms with van der Waals surface area (Å²) in [4.78, 5) is 11.7. The van der Waals surface area contributed by atoms with Crippen molar-refractivity contribution in [1.82, 2.24) is 9.29 Å². The lowest BCUT2D eigenvalue weighted by atomic mass is 9.99. The number of nitrogens with one attached hydrogen (secondary N) is 1. The van der Waals surface area contributed by atoms with E-state index in [9.17, 15) is 22.7 Å². The average molecular weight is 374 g/mol. The van der Waals surface area contributed by atoms with Crippen LogP contribution < -0.4 is 4.72 Å². The van der Waals surface area contributed by atoms with Crippen molar-refractivity contribution in [2.24, 2.45) is 0 Å². The highest BCUT2D eigenvalue weighted by molar-refractivity contribution is 7.89.